The Morgan fingerprint density at radius 2 is 2.44 bits per heavy atom. The average Bonchev–Trinajstić information content (AvgIpc) is 2.07. The third kappa shape index (κ3) is 0.568. The maximum atomic E-state index is 10.9. The Morgan fingerprint density at radius 3 is 2.89 bits per heavy atom. The van der Waals surface area contributed by atoms with Gasteiger partial charge in [-0.1, -0.05) is 0 Å². The van der Waals surface area contributed by atoms with Crippen molar-refractivity contribution in [2.75, 3.05) is 6.54 Å². The van der Waals surface area contributed by atoms with E-state index in [1.54, 1.807) is 0 Å². The molecule has 0 aromatic carbocycles. The molecule has 0 aromatic heterocycles. The summed E-state index contributed by atoms with van der Waals surface area (Å²) in [6.45, 7) is 3.21. The van der Waals surface area contributed by atoms with E-state index in [1.165, 1.54) is 0 Å². The van der Waals surface area contributed by atoms with Gasteiger partial charge in [-0.15, -0.1) is 0 Å². The summed E-state index contributed by atoms with van der Waals surface area (Å²) in [5, 5.41) is 0. The number of ketones is 1. The van der Waals surface area contributed by atoms with Crippen LogP contribution in [-0.4, -0.2) is 29.3 Å². The molecule has 2 nitrogen and oxygen atoms in total. The highest BCUT2D eigenvalue weighted by Gasteiger charge is 2.43. The zero-order chi connectivity index (χ0) is 6.43. The van der Waals surface area contributed by atoms with Gasteiger partial charge < -0.3 is 0 Å². The average molecular weight is 125 g/mol. The van der Waals surface area contributed by atoms with E-state index in [1.807, 2.05) is 0 Å². The van der Waals surface area contributed by atoms with Crippen molar-refractivity contribution in [1.82, 2.24) is 4.90 Å². The fraction of sp³-hybridized carbons (Fsp3) is 0.857. The van der Waals surface area contributed by atoms with Gasteiger partial charge in [-0.05, 0) is 13.3 Å². The Labute approximate surface area is 54.8 Å². The molecule has 2 heterocycles. The van der Waals surface area contributed by atoms with E-state index >= 15 is 0 Å². The minimum atomic E-state index is 0.333. The van der Waals surface area contributed by atoms with E-state index in [4.69, 9.17) is 0 Å². The highest BCUT2D eigenvalue weighted by Crippen LogP contribution is 2.31. The molecule has 2 rings (SSSR count). The maximum absolute atomic E-state index is 10.9. The van der Waals surface area contributed by atoms with Crippen LogP contribution in [0.2, 0.25) is 0 Å². The fourth-order valence-electron chi connectivity index (χ4n) is 1.86. The quantitative estimate of drug-likeness (QED) is 0.467. The van der Waals surface area contributed by atoms with Gasteiger partial charge >= 0.3 is 0 Å². The van der Waals surface area contributed by atoms with Gasteiger partial charge in [0.05, 0.1) is 6.04 Å². The summed E-state index contributed by atoms with van der Waals surface area (Å²) in [7, 11) is 0. The van der Waals surface area contributed by atoms with Gasteiger partial charge in [-0.2, -0.15) is 0 Å². The number of hydrogen-bond acceptors (Lipinski definition) is 2. The third-order valence-electron chi connectivity index (χ3n) is 2.52. The van der Waals surface area contributed by atoms with Gasteiger partial charge in [0.15, 0.2) is 5.78 Å². The molecule has 0 bridgehead atoms. The maximum Gasteiger partial charge on any atom is 0.151 e. The first kappa shape index (κ1) is 5.42. The molecule has 0 aromatic rings. The summed E-state index contributed by atoms with van der Waals surface area (Å²) in [4.78, 5) is 13.2. The van der Waals surface area contributed by atoms with Crippen molar-refractivity contribution in [1.29, 1.82) is 0 Å². The van der Waals surface area contributed by atoms with Gasteiger partial charge in [-0.25, -0.2) is 0 Å². The van der Waals surface area contributed by atoms with E-state index in [2.05, 4.69) is 11.8 Å². The number of fused-ring (bicyclic) bond motifs is 1. The van der Waals surface area contributed by atoms with Gasteiger partial charge in [0.2, 0.25) is 0 Å². The summed E-state index contributed by atoms with van der Waals surface area (Å²) in [6, 6.07) is 1.02. The number of carbonyl (C=O) groups is 1. The predicted octanol–water partition coefficient (Wildman–Crippen LogP) is 0.422. The first-order valence-corrected chi connectivity index (χ1v) is 3.57. The fourth-order valence-corrected chi connectivity index (χ4v) is 1.86. The van der Waals surface area contributed by atoms with Crippen LogP contribution >= 0.6 is 0 Å². The van der Waals surface area contributed by atoms with Crippen molar-refractivity contribution in [2.24, 2.45) is 0 Å². The molecular weight excluding hydrogens is 114 g/mol. The standard InChI is InChI=1S/C7H11NO/c1-5-4-6-7(9)2-3-8(5)6/h5-6H,2-4H2,1H3. The second-order valence-corrected chi connectivity index (χ2v) is 3.05. The van der Waals surface area contributed by atoms with E-state index in [9.17, 15) is 4.79 Å². The van der Waals surface area contributed by atoms with E-state index in [-0.39, 0.29) is 0 Å². The second-order valence-electron chi connectivity index (χ2n) is 3.05. The predicted molar refractivity (Wildman–Crippen MR) is 34.2 cm³/mol. The largest absolute Gasteiger partial charge is 0.298 e. The van der Waals surface area contributed by atoms with Gasteiger partial charge in [-0.3, -0.25) is 9.69 Å². The van der Waals surface area contributed by atoms with Crippen LogP contribution in [0.1, 0.15) is 19.8 Å². The first-order chi connectivity index (χ1) is 4.29. The van der Waals surface area contributed by atoms with Crippen molar-refractivity contribution in [2.45, 2.75) is 31.8 Å². The summed E-state index contributed by atoms with van der Waals surface area (Å²) in [5.74, 6) is 0.466. The van der Waals surface area contributed by atoms with Crippen LogP contribution in [-0.2, 0) is 4.79 Å². The van der Waals surface area contributed by atoms with Crippen LogP contribution < -0.4 is 0 Å². The Bertz CT molecular complexity index is 155. The highest BCUT2D eigenvalue weighted by atomic mass is 16.1. The molecule has 0 aliphatic carbocycles. The van der Waals surface area contributed by atoms with Crippen molar-refractivity contribution < 1.29 is 4.79 Å². The SMILES string of the molecule is CC1CC2C(=O)CCN12. The molecule has 0 radical (unpaired) electrons. The summed E-state index contributed by atoms with van der Waals surface area (Å²) in [6.07, 6.45) is 1.91. The minimum absolute atomic E-state index is 0.333. The number of hydrogen-bond donors (Lipinski definition) is 0. The smallest absolute Gasteiger partial charge is 0.151 e. The lowest BCUT2D eigenvalue weighted by Gasteiger charge is -2.40. The first-order valence-electron chi connectivity index (χ1n) is 3.57. The molecule has 2 aliphatic rings. The molecule has 9 heavy (non-hydrogen) atoms. The Hall–Kier alpha value is -0.370. The Balaban J connectivity index is 2.11. The molecule has 2 aliphatic heterocycles. The lowest BCUT2D eigenvalue weighted by Crippen LogP contribution is -2.52. The van der Waals surface area contributed by atoms with Crippen LogP contribution in [0.3, 0.4) is 0 Å². The Morgan fingerprint density at radius 1 is 1.67 bits per heavy atom. The molecule has 0 saturated carbocycles. The molecule has 2 unspecified atom stereocenters. The molecule has 2 saturated heterocycles. The van der Waals surface area contributed by atoms with Gasteiger partial charge in [0.25, 0.3) is 0 Å². The van der Waals surface area contributed by atoms with Crippen LogP contribution in [0.25, 0.3) is 0 Å². The van der Waals surface area contributed by atoms with Crippen LogP contribution in [0.5, 0.6) is 0 Å². The monoisotopic (exact) mass is 125 g/mol. The lowest BCUT2D eigenvalue weighted by atomic mass is 9.95. The summed E-state index contributed by atoms with van der Waals surface area (Å²) < 4.78 is 0. The number of nitrogens with zero attached hydrogens (tertiary/aromatic N) is 1. The van der Waals surface area contributed by atoms with Crippen molar-refractivity contribution >= 4 is 5.78 Å². The van der Waals surface area contributed by atoms with Crippen LogP contribution in [0, 0.1) is 0 Å². The summed E-state index contributed by atoms with van der Waals surface area (Å²) >= 11 is 0. The molecule has 0 spiro atoms. The minimum Gasteiger partial charge on any atom is -0.298 e. The Kier molecular flexibility index (Phi) is 0.943. The molecule has 2 atom stereocenters. The van der Waals surface area contributed by atoms with E-state index < -0.39 is 0 Å². The third-order valence-corrected chi connectivity index (χ3v) is 2.52. The molecular formula is C7H11NO. The normalized spacial score (nSPS) is 42.6. The van der Waals surface area contributed by atoms with Crippen molar-refractivity contribution in [3.8, 4) is 0 Å². The number of Topliss-reactive ketones (excluding diaryl/α,β-unsaturated/α-hetero) is 1. The number of carbonyl (C=O) groups excluding carboxylic acids is 1. The molecule has 50 valence electrons. The van der Waals surface area contributed by atoms with E-state index in [0.29, 0.717) is 17.9 Å². The zero-order valence-electron chi connectivity index (χ0n) is 5.63. The van der Waals surface area contributed by atoms with Gasteiger partial charge in [0.1, 0.15) is 0 Å². The zero-order valence-corrected chi connectivity index (χ0v) is 5.63. The molecule has 0 N–H and O–H groups in total. The summed E-state index contributed by atoms with van der Waals surface area (Å²) in [5.41, 5.74) is 0. The molecule has 2 fully saturated rings. The topological polar surface area (TPSA) is 20.3 Å². The van der Waals surface area contributed by atoms with Crippen LogP contribution in [0.15, 0.2) is 0 Å². The molecule has 0 amide bonds. The lowest BCUT2D eigenvalue weighted by molar-refractivity contribution is -0.123. The van der Waals surface area contributed by atoms with E-state index in [0.717, 1.165) is 19.4 Å². The highest BCUT2D eigenvalue weighted by molar-refractivity contribution is 5.87. The van der Waals surface area contributed by atoms with Gasteiger partial charge in [0, 0.05) is 19.0 Å². The number of rotatable bonds is 0. The van der Waals surface area contributed by atoms with Crippen molar-refractivity contribution in [3.05, 3.63) is 0 Å². The second kappa shape index (κ2) is 1.57. The van der Waals surface area contributed by atoms with Crippen molar-refractivity contribution in [3.63, 3.8) is 0 Å². The molecule has 2 heteroatoms. The van der Waals surface area contributed by atoms with Crippen LogP contribution in [0.4, 0.5) is 0 Å².